The third-order valence-corrected chi connectivity index (χ3v) is 4.65. The maximum Gasteiger partial charge on any atom is 0.240 e. The summed E-state index contributed by atoms with van der Waals surface area (Å²) in [6.07, 6.45) is 4.30. The minimum atomic E-state index is -3.44. The maximum absolute atomic E-state index is 12.2. The Bertz CT molecular complexity index is 652. The average molecular weight is 304 g/mol. The lowest BCUT2D eigenvalue weighted by Crippen LogP contribution is -2.26. The molecule has 0 saturated heterocycles. The Kier molecular flexibility index (Phi) is 5.47. The fourth-order valence-electron chi connectivity index (χ4n) is 2.07. The van der Waals surface area contributed by atoms with E-state index >= 15 is 0 Å². The number of rotatable bonds is 7. The molecule has 0 aliphatic carbocycles. The minimum absolute atomic E-state index is 0.309. The quantitative estimate of drug-likeness (QED) is 0.855. The van der Waals surface area contributed by atoms with Gasteiger partial charge < -0.3 is 0 Å². The van der Waals surface area contributed by atoms with Crippen LogP contribution in [0.25, 0.3) is 0 Å². The minimum Gasteiger partial charge on any atom is -0.261 e. The van der Waals surface area contributed by atoms with Crippen LogP contribution in [-0.4, -0.2) is 19.9 Å². The van der Waals surface area contributed by atoms with E-state index in [1.165, 1.54) is 0 Å². The highest BCUT2D eigenvalue weighted by atomic mass is 32.2. The van der Waals surface area contributed by atoms with E-state index in [2.05, 4.69) is 16.6 Å². The zero-order valence-corrected chi connectivity index (χ0v) is 12.9. The molecule has 1 heterocycles. The van der Waals surface area contributed by atoms with Crippen LogP contribution in [0.1, 0.15) is 24.6 Å². The van der Waals surface area contributed by atoms with Crippen LogP contribution in [0.5, 0.6) is 0 Å². The van der Waals surface area contributed by atoms with E-state index in [1.807, 2.05) is 30.3 Å². The molecule has 1 aromatic carbocycles. The molecule has 2 rings (SSSR count). The molecule has 1 aromatic heterocycles. The second kappa shape index (κ2) is 7.33. The lowest BCUT2D eigenvalue weighted by Gasteiger charge is -2.07. The van der Waals surface area contributed by atoms with Gasteiger partial charge in [0.1, 0.15) is 0 Å². The van der Waals surface area contributed by atoms with Gasteiger partial charge in [0, 0.05) is 24.9 Å². The fraction of sp³-hybridized carbons (Fsp3) is 0.312. The molecular weight excluding hydrogens is 284 g/mol. The number of pyridine rings is 1. The third-order valence-electron chi connectivity index (χ3n) is 3.17. The number of aryl methyl sites for hydroxylation is 1. The lowest BCUT2D eigenvalue weighted by atomic mass is 10.1. The predicted molar refractivity (Wildman–Crippen MR) is 83.6 cm³/mol. The first-order valence-corrected chi connectivity index (χ1v) is 8.58. The molecule has 1 N–H and O–H groups in total. The van der Waals surface area contributed by atoms with Gasteiger partial charge in [-0.2, -0.15) is 0 Å². The molecule has 0 aliphatic rings. The smallest absolute Gasteiger partial charge is 0.240 e. The largest absolute Gasteiger partial charge is 0.261 e. The summed E-state index contributed by atoms with van der Waals surface area (Å²) < 4.78 is 26.9. The van der Waals surface area contributed by atoms with Gasteiger partial charge in [-0.15, -0.1) is 0 Å². The standard InChI is InChI=1S/C16H20N2O2S/c1-2-5-14-7-9-16(10-8-14)21(19,20)18-13-11-15-6-3-4-12-17-15/h3-4,6-10,12,18H,2,5,11,13H2,1H3. The molecule has 0 atom stereocenters. The van der Waals surface area contributed by atoms with Crippen molar-refractivity contribution in [3.8, 4) is 0 Å². The van der Waals surface area contributed by atoms with E-state index in [4.69, 9.17) is 0 Å². The summed E-state index contributed by atoms with van der Waals surface area (Å²) in [6, 6.07) is 12.7. The first-order valence-electron chi connectivity index (χ1n) is 7.10. The number of nitrogens with one attached hydrogen (secondary N) is 1. The molecular formula is C16H20N2O2S. The van der Waals surface area contributed by atoms with Crippen molar-refractivity contribution < 1.29 is 8.42 Å². The topological polar surface area (TPSA) is 59.1 Å². The molecule has 0 spiro atoms. The molecule has 0 bridgehead atoms. The van der Waals surface area contributed by atoms with Crippen LogP contribution < -0.4 is 4.72 Å². The highest BCUT2D eigenvalue weighted by molar-refractivity contribution is 7.89. The highest BCUT2D eigenvalue weighted by Crippen LogP contribution is 2.11. The maximum atomic E-state index is 12.2. The summed E-state index contributed by atoms with van der Waals surface area (Å²) in [5.74, 6) is 0. The molecule has 0 fully saturated rings. The molecule has 2 aromatic rings. The van der Waals surface area contributed by atoms with Crippen LogP contribution in [0.2, 0.25) is 0 Å². The average Bonchev–Trinajstić information content (AvgIpc) is 2.49. The molecule has 0 saturated carbocycles. The third kappa shape index (κ3) is 4.65. The van der Waals surface area contributed by atoms with Gasteiger partial charge in [0.15, 0.2) is 0 Å². The molecule has 112 valence electrons. The summed E-state index contributed by atoms with van der Waals surface area (Å²) in [7, 11) is -3.44. The molecule has 0 radical (unpaired) electrons. The Balaban J connectivity index is 1.95. The van der Waals surface area contributed by atoms with Crippen molar-refractivity contribution in [2.75, 3.05) is 6.54 Å². The van der Waals surface area contributed by atoms with Crippen LogP contribution in [0.4, 0.5) is 0 Å². The van der Waals surface area contributed by atoms with Gasteiger partial charge in [0.25, 0.3) is 0 Å². The molecule has 4 nitrogen and oxygen atoms in total. The Morgan fingerprint density at radius 2 is 1.81 bits per heavy atom. The molecule has 21 heavy (non-hydrogen) atoms. The number of sulfonamides is 1. The highest BCUT2D eigenvalue weighted by Gasteiger charge is 2.13. The number of benzene rings is 1. The molecule has 0 aliphatic heterocycles. The number of nitrogens with zero attached hydrogens (tertiary/aromatic N) is 1. The summed E-state index contributed by atoms with van der Waals surface area (Å²) >= 11 is 0. The van der Waals surface area contributed by atoms with Crippen molar-refractivity contribution in [3.63, 3.8) is 0 Å². The Labute approximate surface area is 126 Å². The van der Waals surface area contributed by atoms with E-state index in [0.29, 0.717) is 17.9 Å². The second-order valence-electron chi connectivity index (χ2n) is 4.86. The van der Waals surface area contributed by atoms with Gasteiger partial charge in [0.2, 0.25) is 10.0 Å². The van der Waals surface area contributed by atoms with Gasteiger partial charge in [-0.3, -0.25) is 4.98 Å². The summed E-state index contributed by atoms with van der Waals surface area (Å²) in [6.45, 7) is 2.44. The van der Waals surface area contributed by atoms with E-state index in [1.54, 1.807) is 18.3 Å². The molecule has 5 heteroatoms. The summed E-state index contributed by atoms with van der Waals surface area (Å²) in [5.41, 5.74) is 2.03. The van der Waals surface area contributed by atoms with Gasteiger partial charge >= 0.3 is 0 Å². The monoisotopic (exact) mass is 304 g/mol. The van der Waals surface area contributed by atoms with Gasteiger partial charge in [-0.1, -0.05) is 31.5 Å². The fourth-order valence-corrected chi connectivity index (χ4v) is 3.10. The predicted octanol–water partition coefficient (Wildman–Crippen LogP) is 2.56. The zero-order chi connectivity index (χ0) is 15.1. The lowest BCUT2D eigenvalue weighted by molar-refractivity contribution is 0.581. The normalized spacial score (nSPS) is 11.5. The molecule has 0 unspecified atom stereocenters. The molecule has 0 amide bonds. The van der Waals surface area contributed by atoms with Crippen molar-refractivity contribution in [2.45, 2.75) is 31.1 Å². The van der Waals surface area contributed by atoms with Gasteiger partial charge in [-0.25, -0.2) is 13.1 Å². The first kappa shape index (κ1) is 15.7. The SMILES string of the molecule is CCCc1ccc(S(=O)(=O)NCCc2ccccn2)cc1. The van der Waals surface area contributed by atoms with Crippen molar-refractivity contribution in [1.29, 1.82) is 0 Å². The van der Waals surface area contributed by atoms with Gasteiger partial charge in [-0.05, 0) is 36.2 Å². The van der Waals surface area contributed by atoms with Crippen LogP contribution in [0, 0.1) is 0 Å². The first-order chi connectivity index (χ1) is 10.1. The van der Waals surface area contributed by atoms with Crippen LogP contribution in [0.15, 0.2) is 53.6 Å². The second-order valence-corrected chi connectivity index (χ2v) is 6.63. The van der Waals surface area contributed by atoms with Gasteiger partial charge in [0.05, 0.1) is 4.90 Å². The Hall–Kier alpha value is -1.72. The zero-order valence-electron chi connectivity index (χ0n) is 12.1. The van der Waals surface area contributed by atoms with E-state index in [0.717, 1.165) is 24.1 Å². The van der Waals surface area contributed by atoms with Crippen molar-refractivity contribution in [3.05, 3.63) is 59.9 Å². The Morgan fingerprint density at radius 1 is 1.05 bits per heavy atom. The van der Waals surface area contributed by atoms with Crippen LogP contribution in [0.3, 0.4) is 0 Å². The van der Waals surface area contributed by atoms with Crippen LogP contribution in [-0.2, 0) is 22.9 Å². The van der Waals surface area contributed by atoms with Crippen molar-refractivity contribution in [2.24, 2.45) is 0 Å². The number of hydrogen-bond donors (Lipinski definition) is 1. The Morgan fingerprint density at radius 3 is 2.43 bits per heavy atom. The van der Waals surface area contributed by atoms with Crippen molar-refractivity contribution in [1.82, 2.24) is 9.71 Å². The van der Waals surface area contributed by atoms with E-state index in [-0.39, 0.29) is 0 Å². The van der Waals surface area contributed by atoms with Crippen molar-refractivity contribution >= 4 is 10.0 Å². The summed E-state index contributed by atoms with van der Waals surface area (Å²) in [4.78, 5) is 4.48. The van der Waals surface area contributed by atoms with E-state index < -0.39 is 10.0 Å². The van der Waals surface area contributed by atoms with E-state index in [9.17, 15) is 8.42 Å². The summed E-state index contributed by atoms with van der Waals surface area (Å²) in [5, 5.41) is 0. The number of hydrogen-bond acceptors (Lipinski definition) is 3. The van der Waals surface area contributed by atoms with Crippen LogP contribution >= 0.6 is 0 Å². The number of aromatic nitrogens is 1.